The summed E-state index contributed by atoms with van der Waals surface area (Å²) >= 11 is 3.32. The molecule has 0 aliphatic heterocycles. The largest absolute Gasteiger partial charge is 0.207 e. The van der Waals surface area contributed by atoms with Gasteiger partial charge >= 0.3 is 0 Å². The molecule has 1 atom stereocenters. The summed E-state index contributed by atoms with van der Waals surface area (Å²) in [7, 11) is 0. The summed E-state index contributed by atoms with van der Waals surface area (Å²) in [5, 5.41) is 0. The summed E-state index contributed by atoms with van der Waals surface area (Å²) in [5.74, 6) is 0.0487. The third kappa shape index (κ3) is 2.66. The Morgan fingerprint density at radius 3 is 2.92 bits per heavy atom. The summed E-state index contributed by atoms with van der Waals surface area (Å²) in [4.78, 5) is 0. The highest BCUT2D eigenvalue weighted by Crippen LogP contribution is 2.25. The molecule has 0 aliphatic carbocycles. The molecule has 13 heavy (non-hydrogen) atoms. The lowest BCUT2D eigenvalue weighted by molar-refractivity contribution is 0.590. The van der Waals surface area contributed by atoms with E-state index in [4.69, 9.17) is 0 Å². The predicted octanol–water partition coefficient (Wildman–Crippen LogP) is 4.27. The standard InChI is InChI=1S/C11H12BrF/c1-3-4-8(2)10-7-9(12)5-6-11(10)13/h3,5-8H,1,4H2,2H3. The van der Waals surface area contributed by atoms with E-state index in [1.807, 2.05) is 19.1 Å². The highest BCUT2D eigenvalue weighted by atomic mass is 79.9. The lowest BCUT2D eigenvalue weighted by Gasteiger charge is -2.10. The van der Waals surface area contributed by atoms with Crippen molar-refractivity contribution in [3.05, 3.63) is 46.7 Å². The molecule has 0 fully saturated rings. The molecule has 0 bridgehead atoms. The van der Waals surface area contributed by atoms with Crippen LogP contribution >= 0.6 is 15.9 Å². The van der Waals surface area contributed by atoms with Gasteiger partial charge in [0.2, 0.25) is 0 Å². The van der Waals surface area contributed by atoms with Crippen molar-refractivity contribution in [3.63, 3.8) is 0 Å². The minimum atomic E-state index is -0.141. The normalized spacial score (nSPS) is 12.5. The molecule has 0 N–H and O–H groups in total. The quantitative estimate of drug-likeness (QED) is 0.695. The van der Waals surface area contributed by atoms with Gasteiger partial charge in [0, 0.05) is 4.47 Å². The van der Waals surface area contributed by atoms with Crippen LogP contribution in [-0.4, -0.2) is 0 Å². The molecule has 0 spiro atoms. The van der Waals surface area contributed by atoms with Gasteiger partial charge in [-0.2, -0.15) is 0 Å². The van der Waals surface area contributed by atoms with Crippen LogP contribution in [0, 0.1) is 5.82 Å². The van der Waals surface area contributed by atoms with Crippen molar-refractivity contribution in [1.29, 1.82) is 0 Å². The van der Waals surface area contributed by atoms with Crippen LogP contribution in [0.4, 0.5) is 4.39 Å². The van der Waals surface area contributed by atoms with Gasteiger partial charge in [0.15, 0.2) is 0 Å². The molecule has 0 nitrogen and oxygen atoms in total. The molecule has 0 amide bonds. The Kier molecular flexibility index (Phi) is 3.67. The molecule has 0 radical (unpaired) electrons. The Morgan fingerprint density at radius 2 is 2.31 bits per heavy atom. The topological polar surface area (TPSA) is 0 Å². The van der Waals surface area contributed by atoms with E-state index in [1.54, 1.807) is 6.07 Å². The Bertz CT molecular complexity index is 307. The molecular formula is C11H12BrF. The summed E-state index contributed by atoms with van der Waals surface area (Å²) in [6, 6.07) is 5.02. The number of halogens is 2. The average Bonchev–Trinajstić information content (AvgIpc) is 2.09. The molecule has 1 aromatic carbocycles. The van der Waals surface area contributed by atoms with Crippen molar-refractivity contribution >= 4 is 15.9 Å². The van der Waals surface area contributed by atoms with Crippen molar-refractivity contribution < 1.29 is 4.39 Å². The molecule has 2 heteroatoms. The summed E-state index contributed by atoms with van der Waals surface area (Å²) in [6.07, 6.45) is 2.61. The van der Waals surface area contributed by atoms with E-state index in [9.17, 15) is 4.39 Å². The lowest BCUT2D eigenvalue weighted by atomic mass is 9.97. The van der Waals surface area contributed by atoms with Gasteiger partial charge < -0.3 is 0 Å². The zero-order valence-electron chi connectivity index (χ0n) is 7.56. The van der Waals surface area contributed by atoms with Gasteiger partial charge in [-0.1, -0.05) is 28.9 Å². The smallest absolute Gasteiger partial charge is 0.126 e. The van der Waals surface area contributed by atoms with Crippen molar-refractivity contribution in [2.24, 2.45) is 0 Å². The molecule has 0 saturated carbocycles. The Morgan fingerprint density at radius 1 is 1.62 bits per heavy atom. The maximum Gasteiger partial charge on any atom is 0.126 e. The minimum absolute atomic E-state index is 0.141. The van der Waals surface area contributed by atoms with Gasteiger partial charge in [0.1, 0.15) is 5.82 Å². The monoisotopic (exact) mass is 242 g/mol. The van der Waals surface area contributed by atoms with Gasteiger partial charge in [-0.05, 0) is 36.1 Å². The lowest BCUT2D eigenvalue weighted by Crippen LogP contribution is -1.95. The number of hydrogen-bond donors (Lipinski definition) is 0. The van der Waals surface area contributed by atoms with Crippen molar-refractivity contribution in [3.8, 4) is 0 Å². The second kappa shape index (κ2) is 4.56. The van der Waals surface area contributed by atoms with E-state index in [0.29, 0.717) is 0 Å². The first kappa shape index (κ1) is 10.5. The van der Waals surface area contributed by atoms with Crippen LogP contribution in [0.15, 0.2) is 35.3 Å². The van der Waals surface area contributed by atoms with E-state index in [1.165, 1.54) is 6.07 Å². The molecule has 1 rings (SSSR count). The number of hydrogen-bond acceptors (Lipinski definition) is 0. The number of allylic oxidation sites excluding steroid dienone is 1. The van der Waals surface area contributed by atoms with Gasteiger partial charge in [0.25, 0.3) is 0 Å². The highest BCUT2D eigenvalue weighted by molar-refractivity contribution is 9.10. The Labute approximate surface area is 86.6 Å². The van der Waals surface area contributed by atoms with E-state index in [0.717, 1.165) is 16.5 Å². The zero-order chi connectivity index (χ0) is 9.84. The zero-order valence-corrected chi connectivity index (χ0v) is 9.14. The van der Waals surface area contributed by atoms with Crippen LogP contribution < -0.4 is 0 Å². The van der Waals surface area contributed by atoms with E-state index in [-0.39, 0.29) is 11.7 Å². The Hall–Kier alpha value is -0.630. The van der Waals surface area contributed by atoms with Crippen molar-refractivity contribution in [2.45, 2.75) is 19.3 Å². The first-order chi connectivity index (χ1) is 6.15. The van der Waals surface area contributed by atoms with Crippen molar-refractivity contribution in [2.75, 3.05) is 0 Å². The van der Waals surface area contributed by atoms with E-state index >= 15 is 0 Å². The first-order valence-electron chi connectivity index (χ1n) is 4.21. The molecule has 0 aliphatic rings. The number of rotatable bonds is 3. The second-order valence-corrected chi connectivity index (χ2v) is 4.01. The van der Waals surface area contributed by atoms with E-state index < -0.39 is 0 Å². The molecule has 0 aromatic heterocycles. The third-order valence-electron chi connectivity index (χ3n) is 2.01. The SMILES string of the molecule is C=CCC(C)c1cc(Br)ccc1F. The molecule has 0 saturated heterocycles. The van der Waals surface area contributed by atoms with E-state index in [2.05, 4.69) is 22.5 Å². The van der Waals surface area contributed by atoms with Gasteiger partial charge in [-0.3, -0.25) is 0 Å². The summed E-state index contributed by atoms with van der Waals surface area (Å²) in [6.45, 7) is 5.64. The molecule has 0 heterocycles. The predicted molar refractivity (Wildman–Crippen MR) is 57.3 cm³/mol. The minimum Gasteiger partial charge on any atom is -0.207 e. The van der Waals surface area contributed by atoms with Crippen LogP contribution in [0.5, 0.6) is 0 Å². The first-order valence-corrected chi connectivity index (χ1v) is 5.00. The molecule has 1 aromatic rings. The van der Waals surface area contributed by atoms with Gasteiger partial charge in [-0.15, -0.1) is 6.58 Å². The van der Waals surface area contributed by atoms with Crippen LogP contribution in [-0.2, 0) is 0 Å². The van der Waals surface area contributed by atoms with Crippen molar-refractivity contribution in [1.82, 2.24) is 0 Å². The maximum absolute atomic E-state index is 13.3. The highest BCUT2D eigenvalue weighted by Gasteiger charge is 2.09. The third-order valence-corrected chi connectivity index (χ3v) is 2.50. The second-order valence-electron chi connectivity index (χ2n) is 3.09. The Balaban J connectivity index is 2.97. The number of benzene rings is 1. The maximum atomic E-state index is 13.3. The van der Waals surface area contributed by atoms with Crippen LogP contribution in [0.2, 0.25) is 0 Å². The van der Waals surface area contributed by atoms with Gasteiger partial charge in [0.05, 0.1) is 0 Å². The molecule has 1 unspecified atom stereocenters. The fourth-order valence-corrected chi connectivity index (χ4v) is 1.65. The van der Waals surface area contributed by atoms with Crippen LogP contribution in [0.25, 0.3) is 0 Å². The fourth-order valence-electron chi connectivity index (χ4n) is 1.27. The van der Waals surface area contributed by atoms with Crippen LogP contribution in [0.1, 0.15) is 24.8 Å². The van der Waals surface area contributed by atoms with Crippen LogP contribution in [0.3, 0.4) is 0 Å². The summed E-state index contributed by atoms with van der Waals surface area (Å²) in [5.41, 5.74) is 0.745. The molecular weight excluding hydrogens is 231 g/mol. The fraction of sp³-hybridized carbons (Fsp3) is 0.273. The summed E-state index contributed by atoms with van der Waals surface area (Å²) < 4.78 is 14.2. The molecule has 70 valence electrons. The average molecular weight is 243 g/mol. The van der Waals surface area contributed by atoms with Gasteiger partial charge in [-0.25, -0.2) is 4.39 Å².